The lowest BCUT2D eigenvalue weighted by Crippen LogP contribution is -2.50. The Morgan fingerprint density at radius 1 is 1.18 bits per heavy atom. The molecule has 1 N–H and O–H groups in total. The number of nitrogens with one attached hydrogen (secondary N) is 1. The van der Waals surface area contributed by atoms with E-state index in [2.05, 4.69) is 15.3 Å². The summed E-state index contributed by atoms with van der Waals surface area (Å²) in [5.41, 5.74) is -4.75. The van der Waals surface area contributed by atoms with Crippen molar-refractivity contribution in [3.63, 3.8) is 0 Å². The number of benzene rings is 2. The molecule has 2 aromatic carbocycles. The van der Waals surface area contributed by atoms with Gasteiger partial charge in [-0.2, -0.15) is 15.2 Å². The Hall–Kier alpha value is -4.34. The molecule has 4 aliphatic rings. The minimum absolute atomic E-state index is 0.00915. The number of carbonyl (C=O) groups excluding carboxylic acids is 1. The summed E-state index contributed by atoms with van der Waals surface area (Å²) in [5.74, 6) is -2.67. The van der Waals surface area contributed by atoms with Crippen molar-refractivity contribution in [2.75, 3.05) is 43.1 Å². The first-order chi connectivity index (χ1) is 27.0. The molecule has 0 radical (unpaired) electrons. The van der Waals surface area contributed by atoms with Crippen molar-refractivity contribution in [2.24, 2.45) is 5.41 Å². The third kappa shape index (κ3) is 6.72. The number of aromatic nitrogens is 2. The molecule has 4 aromatic rings. The van der Waals surface area contributed by atoms with Crippen LogP contribution in [0.25, 0.3) is 32.1 Å². The molecule has 57 heavy (non-hydrogen) atoms. The second kappa shape index (κ2) is 14.2. The van der Waals surface area contributed by atoms with Gasteiger partial charge in [0.05, 0.1) is 44.2 Å². The molecule has 2 aromatic heterocycles. The summed E-state index contributed by atoms with van der Waals surface area (Å²) in [6.07, 6.45) is -6.55. The molecular formula is C38H36ClF7N6O4S. The number of fused-ring (bicyclic) bond motifs is 2. The van der Waals surface area contributed by atoms with Crippen LogP contribution in [0.3, 0.4) is 0 Å². The van der Waals surface area contributed by atoms with E-state index in [1.54, 1.807) is 20.8 Å². The standard InChI is InChI=1S/C38H36ClF7N6O4S/c1-36(2,3)56-35(53)50-32-19(12-47)23-18(5-6-20(41)30(23)57-32)24-26(39)29-25-28(27(24)44)48-34(55-16-37-7-4-10-51(37)13-17(40)11-37)49-31(25)52(14-22(42)43)21(15-54-29)38(8-9-38)33(45)46/h5-6,17,21-22,33H,4,7-11,13-16H2,1-3H3,(H,50,53)/t17-,21?,37+/m1/s1. The summed E-state index contributed by atoms with van der Waals surface area (Å²) < 4.78 is 123. The lowest BCUT2D eigenvalue weighted by atomic mass is 9.95. The molecule has 3 atom stereocenters. The average Bonchev–Trinajstić information content (AvgIpc) is 3.65. The van der Waals surface area contributed by atoms with Gasteiger partial charge < -0.3 is 19.1 Å². The molecule has 1 saturated carbocycles. The fourth-order valence-corrected chi connectivity index (χ4v) is 9.98. The van der Waals surface area contributed by atoms with E-state index in [0.717, 1.165) is 17.4 Å². The van der Waals surface area contributed by atoms with E-state index in [9.17, 15) is 32.0 Å². The molecule has 3 fully saturated rings. The number of hydrogen-bond donors (Lipinski definition) is 1. The van der Waals surface area contributed by atoms with Crippen LogP contribution in [-0.4, -0.2) is 90.0 Å². The number of rotatable bonds is 9. The number of carbonyl (C=O) groups is 1. The molecule has 3 aliphatic heterocycles. The van der Waals surface area contributed by atoms with Crippen molar-refractivity contribution in [1.82, 2.24) is 14.9 Å². The van der Waals surface area contributed by atoms with Crippen LogP contribution >= 0.6 is 22.9 Å². The zero-order chi connectivity index (χ0) is 40.8. The van der Waals surface area contributed by atoms with E-state index in [-0.39, 0.29) is 75.6 Å². The van der Waals surface area contributed by atoms with Crippen LogP contribution in [0, 0.1) is 28.4 Å². The number of alkyl halides is 5. The van der Waals surface area contributed by atoms with Gasteiger partial charge in [-0.15, -0.1) is 11.3 Å². The first kappa shape index (κ1) is 39.5. The fourth-order valence-electron chi connectivity index (χ4n) is 8.58. The second-order valence-electron chi connectivity index (χ2n) is 16.0. The van der Waals surface area contributed by atoms with Gasteiger partial charge in [0, 0.05) is 23.9 Å². The second-order valence-corrected chi connectivity index (χ2v) is 17.4. The highest BCUT2D eigenvalue weighted by Gasteiger charge is 2.60. The van der Waals surface area contributed by atoms with Gasteiger partial charge in [-0.1, -0.05) is 17.7 Å². The van der Waals surface area contributed by atoms with Gasteiger partial charge in [0.25, 0.3) is 6.43 Å². The maximum Gasteiger partial charge on any atom is 0.412 e. The van der Waals surface area contributed by atoms with E-state index in [0.29, 0.717) is 24.3 Å². The average molecular weight is 841 g/mol. The number of nitriles is 1. The molecule has 1 aliphatic carbocycles. The number of ether oxygens (including phenoxy) is 3. The third-order valence-corrected chi connectivity index (χ3v) is 12.7. The molecule has 19 heteroatoms. The first-order valence-corrected chi connectivity index (χ1v) is 19.5. The molecule has 1 amide bonds. The normalized spacial score (nSPS) is 22.8. The van der Waals surface area contributed by atoms with Crippen molar-refractivity contribution in [3.8, 4) is 29.0 Å². The van der Waals surface area contributed by atoms with Gasteiger partial charge in [-0.05, 0) is 64.6 Å². The Kier molecular flexibility index (Phi) is 9.83. The summed E-state index contributed by atoms with van der Waals surface area (Å²) in [6, 6.07) is 2.27. The van der Waals surface area contributed by atoms with E-state index in [4.69, 9.17) is 25.8 Å². The van der Waals surface area contributed by atoms with Crippen LogP contribution < -0.4 is 19.7 Å². The fraction of sp³-hybridized carbons (Fsp3) is 0.526. The Morgan fingerprint density at radius 3 is 2.60 bits per heavy atom. The highest BCUT2D eigenvalue weighted by atomic mass is 35.5. The molecule has 5 heterocycles. The summed E-state index contributed by atoms with van der Waals surface area (Å²) in [6.45, 7) is 3.89. The predicted octanol–water partition coefficient (Wildman–Crippen LogP) is 9.49. The number of hydrogen-bond acceptors (Lipinski definition) is 10. The summed E-state index contributed by atoms with van der Waals surface area (Å²) >= 11 is 7.69. The quantitative estimate of drug-likeness (QED) is 0.165. The van der Waals surface area contributed by atoms with Gasteiger partial charge >= 0.3 is 12.1 Å². The molecule has 0 bridgehead atoms. The maximum absolute atomic E-state index is 17.5. The maximum atomic E-state index is 17.5. The minimum atomic E-state index is -3.05. The highest BCUT2D eigenvalue weighted by Crippen LogP contribution is 2.58. The van der Waals surface area contributed by atoms with Gasteiger partial charge in [-0.3, -0.25) is 10.2 Å². The summed E-state index contributed by atoms with van der Waals surface area (Å²) in [4.78, 5) is 24.5. The Morgan fingerprint density at radius 2 is 1.93 bits per heavy atom. The monoisotopic (exact) mass is 840 g/mol. The molecule has 0 spiro atoms. The van der Waals surface area contributed by atoms with E-state index in [1.165, 1.54) is 6.07 Å². The number of thiophene rings is 1. The highest BCUT2D eigenvalue weighted by molar-refractivity contribution is 7.23. The summed E-state index contributed by atoms with van der Waals surface area (Å²) in [5, 5.41) is 11.8. The number of amides is 1. The third-order valence-electron chi connectivity index (χ3n) is 11.3. The molecular weight excluding hydrogens is 805 g/mol. The number of halogens is 8. The largest absolute Gasteiger partial charge is 0.489 e. The van der Waals surface area contributed by atoms with Crippen LogP contribution in [0.15, 0.2) is 12.1 Å². The van der Waals surface area contributed by atoms with Crippen LogP contribution in [0.1, 0.15) is 58.4 Å². The van der Waals surface area contributed by atoms with Crippen molar-refractivity contribution in [2.45, 2.75) is 89.1 Å². The molecule has 304 valence electrons. The van der Waals surface area contributed by atoms with E-state index in [1.807, 2.05) is 11.0 Å². The Bertz CT molecular complexity index is 2330. The van der Waals surface area contributed by atoms with Gasteiger partial charge in [0.15, 0.2) is 11.6 Å². The molecule has 1 unspecified atom stereocenters. The predicted molar refractivity (Wildman–Crippen MR) is 199 cm³/mol. The van der Waals surface area contributed by atoms with Gasteiger partial charge in [-0.25, -0.2) is 35.5 Å². The Balaban J connectivity index is 1.34. The summed E-state index contributed by atoms with van der Waals surface area (Å²) in [7, 11) is 0. The smallest absolute Gasteiger partial charge is 0.412 e. The van der Waals surface area contributed by atoms with Crippen molar-refractivity contribution in [3.05, 3.63) is 34.4 Å². The number of anilines is 2. The van der Waals surface area contributed by atoms with Gasteiger partial charge in [0.2, 0.25) is 6.43 Å². The Labute approximate surface area is 330 Å². The van der Waals surface area contributed by atoms with Crippen LogP contribution in [0.4, 0.5) is 46.3 Å². The lowest BCUT2D eigenvalue weighted by Gasteiger charge is -2.36. The number of nitrogens with zero attached hydrogens (tertiary/aromatic N) is 5. The van der Waals surface area contributed by atoms with Crippen LogP contribution in [0.2, 0.25) is 5.02 Å². The zero-order valence-corrected chi connectivity index (χ0v) is 32.4. The molecule has 10 nitrogen and oxygen atoms in total. The molecule has 2 saturated heterocycles. The minimum Gasteiger partial charge on any atom is -0.489 e. The van der Waals surface area contributed by atoms with Crippen molar-refractivity contribution in [1.29, 1.82) is 5.26 Å². The van der Waals surface area contributed by atoms with E-state index >= 15 is 8.78 Å². The lowest BCUT2D eigenvalue weighted by molar-refractivity contribution is 0.0297. The topological polar surface area (TPSA) is 113 Å². The van der Waals surface area contributed by atoms with Crippen LogP contribution in [-0.2, 0) is 4.74 Å². The zero-order valence-electron chi connectivity index (χ0n) is 30.8. The van der Waals surface area contributed by atoms with E-state index < -0.39 is 94.6 Å². The van der Waals surface area contributed by atoms with Gasteiger partial charge in [0.1, 0.15) is 53.2 Å². The molecule has 8 rings (SSSR count). The first-order valence-electron chi connectivity index (χ1n) is 18.3. The van der Waals surface area contributed by atoms with Crippen molar-refractivity contribution >= 4 is 60.8 Å². The SMILES string of the molecule is CC(C)(C)OC(=O)Nc1sc2c(F)ccc(-c3c(Cl)c4c5c(nc(OC[C@@]67CCCN6C[C@H](F)C7)nc5c3F)N(CC(F)F)C(C3(C(F)F)CC3)CO4)c2c1C#N. The van der Waals surface area contributed by atoms with Crippen LogP contribution in [0.5, 0.6) is 11.8 Å². The van der Waals surface area contributed by atoms with Crippen molar-refractivity contribution < 1.29 is 49.7 Å².